The summed E-state index contributed by atoms with van der Waals surface area (Å²) in [5, 5.41) is 3.62. The van der Waals surface area contributed by atoms with Crippen molar-refractivity contribution >= 4 is 40.7 Å². The van der Waals surface area contributed by atoms with Gasteiger partial charge < -0.3 is 10.2 Å². The van der Waals surface area contributed by atoms with Crippen LogP contribution in [0.4, 0.5) is 5.69 Å². The van der Waals surface area contributed by atoms with Gasteiger partial charge in [-0.05, 0) is 30.7 Å². The predicted molar refractivity (Wildman–Crippen MR) is 102 cm³/mol. The third-order valence-electron chi connectivity index (χ3n) is 3.94. The topological polar surface area (TPSA) is 49.4 Å². The number of carbonyl (C=O) groups excluding carboxylic acids is 2. The molecule has 0 saturated heterocycles. The molecule has 2 amide bonds. The Kier molecular flexibility index (Phi) is 6.85. The molecule has 6 heteroatoms. The van der Waals surface area contributed by atoms with E-state index in [1.807, 2.05) is 37.3 Å². The van der Waals surface area contributed by atoms with Gasteiger partial charge in [0.15, 0.2) is 0 Å². The number of benzene rings is 2. The number of hydrogen-bond donors (Lipinski definition) is 1. The fourth-order valence-electron chi connectivity index (χ4n) is 2.56. The van der Waals surface area contributed by atoms with Crippen LogP contribution in [0.15, 0.2) is 48.5 Å². The van der Waals surface area contributed by atoms with Crippen LogP contribution in [0.5, 0.6) is 0 Å². The van der Waals surface area contributed by atoms with Crippen molar-refractivity contribution in [3.8, 4) is 0 Å². The molecule has 1 unspecified atom stereocenters. The first-order valence-corrected chi connectivity index (χ1v) is 8.71. The lowest BCUT2D eigenvalue weighted by Crippen LogP contribution is -2.34. The van der Waals surface area contributed by atoms with E-state index >= 15 is 0 Å². The average molecular weight is 379 g/mol. The van der Waals surface area contributed by atoms with E-state index in [0.29, 0.717) is 22.3 Å². The number of hydrogen-bond acceptors (Lipinski definition) is 2. The average Bonchev–Trinajstić information content (AvgIpc) is 2.58. The third-order valence-corrected chi connectivity index (χ3v) is 4.49. The van der Waals surface area contributed by atoms with Crippen LogP contribution in [-0.2, 0) is 9.59 Å². The summed E-state index contributed by atoms with van der Waals surface area (Å²) in [7, 11) is 0. The van der Waals surface area contributed by atoms with Gasteiger partial charge in [0.05, 0.1) is 16.8 Å². The second-order valence-corrected chi connectivity index (χ2v) is 6.57. The molecule has 0 radical (unpaired) electrons. The van der Waals surface area contributed by atoms with Crippen molar-refractivity contribution in [1.29, 1.82) is 0 Å². The fraction of sp³-hybridized carbons (Fsp3) is 0.263. The van der Waals surface area contributed by atoms with Crippen LogP contribution in [0.2, 0.25) is 10.0 Å². The monoisotopic (exact) mass is 378 g/mol. The molecule has 1 atom stereocenters. The molecule has 0 heterocycles. The Hall–Kier alpha value is -2.04. The molecule has 2 aromatic carbocycles. The number of nitrogens with one attached hydrogen (secondary N) is 1. The largest absolute Gasteiger partial charge is 0.336 e. The Morgan fingerprint density at radius 3 is 2.40 bits per heavy atom. The number of amides is 2. The first-order chi connectivity index (χ1) is 11.9. The SMILES string of the molecule is CC(=O)N(CCC(=O)Nc1ccc(Cl)cc1Cl)C(C)c1ccccc1. The summed E-state index contributed by atoms with van der Waals surface area (Å²) < 4.78 is 0. The summed E-state index contributed by atoms with van der Waals surface area (Å²) in [5.74, 6) is -0.288. The first kappa shape index (κ1) is 19.3. The van der Waals surface area contributed by atoms with Crippen LogP contribution in [0.25, 0.3) is 0 Å². The van der Waals surface area contributed by atoms with Crippen LogP contribution in [0.1, 0.15) is 31.9 Å². The Bertz CT molecular complexity index is 750. The highest BCUT2D eigenvalue weighted by atomic mass is 35.5. The highest BCUT2D eigenvalue weighted by molar-refractivity contribution is 6.36. The van der Waals surface area contributed by atoms with E-state index in [0.717, 1.165) is 5.56 Å². The van der Waals surface area contributed by atoms with Gasteiger partial charge in [-0.15, -0.1) is 0 Å². The molecule has 1 N–H and O–H groups in total. The molecule has 132 valence electrons. The lowest BCUT2D eigenvalue weighted by molar-refractivity contribution is -0.131. The van der Waals surface area contributed by atoms with Gasteiger partial charge in [-0.3, -0.25) is 9.59 Å². The summed E-state index contributed by atoms with van der Waals surface area (Å²) in [5.41, 5.74) is 1.53. The van der Waals surface area contributed by atoms with Crippen molar-refractivity contribution in [2.45, 2.75) is 26.3 Å². The van der Waals surface area contributed by atoms with Gasteiger partial charge >= 0.3 is 0 Å². The number of rotatable bonds is 6. The lowest BCUT2D eigenvalue weighted by atomic mass is 10.1. The maximum absolute atomic E-state index is 12.2. The molecular weight excluding hydrogens is 359 g/mol. The molecule has 0 aliphatic rings. The van der Waals surface area contributed by atoms with Gasteiger partial charge in [-0.25, -0.2) is 0 Å². The zero-order valence-electron chi connectivity index (χ0n) is 14.1. The van der Waals surface area contributed by atoms with Crippen LogP contribution >= 0.6 is 23.2 Å². The highest BCUT2D eigenvalue weighted by Crippen LogP contribution is 2.25. The van der Waals surface area contributed by atoms with Crippen molar-refractivity contribution in [3.05, 3.63) is 64.1 Å². The van der Waals surface area contributed by atoms with E-state index in [1.54, 1.807) is 23.1 Å². The minimum absolute atomic E-state index is 0.0753. The van der Waals surface area contributed by atoms with E-state index in [2.05, 4.69) is 5.32 Å². The zero-order valence-corrected chi connectivity index (χ0v) is 15.6. The predicted octanol–water partition coefficient (Wildman–Crippen LogP) is 4.93. The van der Waals surface area contributed by atoms with Gasteiger partial charge in [-0.1, -0.05) is 53.5 Å². The van der Waals surface area contributed by atoms with Gasteiger partial charge in [-0.2, -0.15) is 0 Å². The Morgan fingerprint density at radius 1 is 1.12 bits per heavy atom. The summed E-state index contributed by atoms with van der Waals surface area (Å²) in [6.45, 7) is 3.78. The minimum Gasteiger partial charge on any atom is -0.336 e. The van der Waals surface area contributed by atoms with Gasteiger partial charge in [0.2, 0.25) is 11.8 Å². The van der Waals surface area contributed by atoms with Crippen molar-refractivity contribution in [2.24, 2.45) is 0 Å². The van der Waals surface area contributed by atoms with Crippen LogP contribution in [0.3, 0.4) is 0 Å². The summed E-state index contributed by atoms with van der Waals surface area (Å²) in [6, 6.07) is 14.5. The lowest BCUT2D eigenvalue weighted by Gasteiger charge is -2.28. The Labute approximate surface area is 157 Å². The Morgan fingerprint density at radius 2 is 1.80 bits per heavy atom. The maximum Gasteiger partial charge on any atom is 0.226 e. The van der Waals surface area contributed by atoms with E-state index < -0.39 is 0 Å². The molecule has 0 aromatic heterocycles. The number of carbonyl (C=O) groups is 2. The second-order valence-electron chi connectivity index (χ2n) is 5.72. The molecule has 0 aliphatic carbocycles. The van der Waals surface area contributed by atoms with Gasteiger partial charge in [0, 0.05) is 24.9 Å². The van der Waals surface area contributed by atoms with E-state index in [-0.39, 0.29) is 24.3 Å². The van der Waals surface area contributed by atoms with Gasteiger partial charge in [0.1, 0.15) is 0 Å². The molecule has 25 heavy (non-hydrogen) atoms. The smallest absolute Gasteiger partial charge is 0.226 e. The molecule has 0 saturated carbocycles. The quantitative estimate of drug-likeness (QED) is 0.774. The van der Waals surface area contributed by atoms with Crippen molar-refractivity contribution < 1.29 is 9.59 Å². The zero-order chi connectivity index (χ0) is 18.4. The van der Waals surface area contributed by atoms with Crippen molar-refractivity contribution in [2.75, 3.05) is 11.9 Å². The molecule has 2 aromatic rings. The third kappa shape index (κ3) is 5.48. The van der Waals surface area contributed by atoms with Crippen molar-refractivity contribution in [1.82, 2.24) is 4.90 Å². The summed E-state index contributed by atoms with van der Waals surface area (Å²) in [4.78, 5) is 25.9. The summed E-state index contributed by atoms with van der Waals surface area (Å²) >= 11 is 11.9. The standard InChI is InChI=1S/C19H20Cl2N2O2/c1-13(15-6-4-3-5-7-15)23(14(2)24)11-10-19(25)22-18-9-8-16(20)12-17(18)21/h3-9,12-13H,10-11H2,1-2H3,(H,22,25). The highest BCUT2D eigenvalue weighted by Gasteiger charge is 2.19. The van der Waals surface area contributed by atoms with Crippen LogP contribution in [-0.4, -0.2) is 23.3 Å². The van der Waals surface area contributed by atoms with E-state index in [9.17, 15) is 9.59 Å². The first-order valence-electron chi connectivity index (χ1n) is 7.95. The molecule has 0 bridgehead atoms. The normalized spacial score (nSPS) is 11.7. The molecule has 0 spiro atoms. The Balaban J connectivity index is 1.98. The number of anilines is 1. The molecule has 2 rings (SSSR count). The molecular formula is C19H20Cl2N2O2. The molecule has 4 nitrogen and oxygen atoms in total. The van der Waals surface area contributed by atoms with Crippen molar-refractivity contribution in [3.63, 3.8) is 0 Å². The second kappa shape index (κ2) is 8.88. The maximum atomic E-state index is 12.2. The van der Waals surface area contributed by atoms with Crippen LogP contribution in [0, 0.1) is 0 Å². The van der Waals surface area contributed by atoms with E-state index in [4.69, 9.17) is 23.2 Å². The fourth-order valence-corrected chi connectivity index (χ4v) is 3.02. The van der Waals surface area contributed by atoms with E-state index in [1.165, 1.54) is 6.92 Å². The molecule has 0 fully saturated rings. The molecule has 0 aliphatic heterocycles. The number of nitrogens with zero attached hydrogens (tertiary/aromatic N) is 1. The van der Waals surface area contributed by atoms with Gasteiger partial charge in [0.25, 0.3) is 0 Å². The number of halogens is 2. The minimum atomic E-state index is -0.212. The summed E-state index contributed by atoms with van der Waals surface area (Å²) in [6.07, 6.45) is 0.176. The van der Waals surface area contributed by atoms with Crippen LogP contribution < -0.4 is 5.32 Å².